The van der Waals surface area contributed by atoms with E-state index >= 15 is 0 Å². The van der Waals surface area contributed by atoms with Crippen molar-refractivity contribution < 1.29 is 19.1 Å². The van der Waals surface area contributed by atoms with Crippen LogP contribution in [-0.2, 0) is 17.6 Å². The fraction of sp³-hybridized carbons (Fsp3) is 0.455. The predicted octanol–water partition coefficient (Wildman–Crippen LogP) is 3.13. The van der Waals surface area contributed by atoms with E-state index in [2.05, 4.69) is 10.2 Å². The van der Waals surface area contributed by atoms with Crippen LogP contribution in [0.3, 0.4) is 0 Å². The van der Waals surface area contributed by atoms with Gasteiger partial charge in [0.25, 0.3) is 5.91 Å². The smallest absolute Gasteiger partial charge is 0.251 e. The van der Waals surface area contributed by atoms with Gasteiger partial charge < -0.3 is 20.5 Å². The number of nitrogens with one attached hydrogen (secondary N) is 1. The van der Waals surface area contributed by atoms with Crippen LogP contribution >= 0.6 is 11.3 Å². The van der Waals surface area contributed by atoms with Gasteiger partial charge in [-0.05, 0) is 62.4 Å². The van der Waals surface area contributed by atoms with Crippen LogP contribution in [0.5, 0.6) is 11.5 Å². The Hall–Kier alpha value is -2.58. The highest BCUT2D eigenvalue weighted by atomic mass is 32.1. The third-order valence-corrected chi connectivity index (χ3v) is 7.13. The van der Waals surface area contributed by atoms with Crippen molar-refractivity contribution in [3.63, 3.8) is 0 Å². The second-order valence-electron chi connectivity index (χ2n) is 7.71. The molecule has 160 valence electrons. The van der Waals surface area contributed by atoms with Crippen LogP contribution in [0, 0.1) is 0 Å². The molecule has 30 heavy (non-hydrogen) atoms. The summed E-state index contributed by atoms with van der Waals surface area (Å²) in [5, 5.41) is 3.54. The summed E-state index contributed by atoms with van der Waals surface area (Å²) in [6, 6.07) is 5.83. The average Bonchev–Trinajstić information content (AvgIpc) is 3.43. The molecular weight excluding hydrogens is 402 g/mol. The number of ether oxygens (including phenoxy) is 2. The summed E-state index contributed by atoms with van der Waals surface area (Å²) < 4.78 is 10.9. The number of carbonyl (C=O) groups excluding carboxylic acids is 2. The number of thiophene rings is 1. The first-order valence-corrected chi connectivity index (χ1v) is 11.0. The molecule has 1 aromatic heterocycles. The van der Waals surface area contributed by atoms with Crippen molar-refractivity contribution in [2.75, 3.05) is 32.6 Å². The van der Waals surface area contributed by atoms with Crippen molar-refractivity contribution in [2.24, 2.45) is 5.73 Å². The highest BCUT2D eigenvalue weighted by Crippen LogP contribution is 2.40. The summed E-state index contributed by atoms with van der Waals surface area (Å²) in [5.41, 5.74) is 8.14. The van der Waals surface area contributed by atoms with Crippen molar-refractivity contribution in [2.45, 2.75) is 38.1 Å². The van der Waals surface area contributed by atoms with Gasteiger partial charge in [-0.25, -0.2) is 0 Å². The summed E-state index contributed by atoms with van der Waals surface area (Å²) in [6.45, 7) is 1.06. The first kappa shape index (κ1) is 20.7. The number of nitrogens with two attached hydrogens (primary N) is 1. The largest absolute Gasteiger partial charge is 0.497 e. The molecule has 0 radical (unpaired) electrons. The zero-order chi connectivity index (χ0) is 21.3. The van der Waals surface area contributed by atoms with Gasteiger partial charge in [0.2, 0.25) is 5.91 Å². The molecule has 3 N–H and O–H groups in total. The van der Waals surface area contributed by atoms with Gasteiger partial charge >= 0.3 is 0 Å². The Balaban J connectivity index is 1.51. The molecule has 1 atom stereocenters. The number of hydrogen-bond donors (Lipinski definition) is 2. The first-order valence-electron chi connectivity index (χ1n) is 10.2. The molecule has 4 rings (SSSR count). The van der Waals surface area contributed by atoms with E-state index < -0.39 is 5.91 Å². The zero-order valence-corrected chi connectivity index (χ0v) is 18.1. The lowest BCUT2D eigenvalue weighted by Gasteiger charge is -2.26. The molecule has 1 aliphatic heterocycles. The normalized spacial score (nSPS) is 18.3. The lowest BCUT2D eigenvalue weighted by molar-refractivity contribution is -0.117. The Kier molecular flexibility index (Phi) is 5.97. The number of rotatable bonds is 7. The number of primary amides is 1. The molecule has 0 bridgehead atoms. The minimum Gasteiger partial charge on any atom is -0.497 e. The van der Waals surface area contributed by atoms with E-state index in [1.165, 1.54) is 16.2 Å². The van der Waals surface area contributed by atoms with Crippen LogP contribution in [0.2, 0.25) is 0 Å². The third-order valence-electron chi connectivity index (χ3n) is 5.93. The van der Waals surface area contributed by atoms with E-state index in [0.717, 1.165) is 61.3 Å². The number of benzene rings is 1. The zero-order valence-electron chi connectivity index (χ0n) is 17.3. The molecule has 8 heteroatoms. The first-order chi connectivity index (χ1) is 14.5. The van der Waals surface area contributed by atoms with Crippen LogP contribution in [0.1, 0.15) is 51.7 Å². The maximum absolute atomic E-state index is 12.9. The van der Waals surface area contributed by atoms with Gasteiger partial charge in [-0.3, -0.25) is 14.5 Å². The number of methoxy groups -OCH3 is 2. The summed E-state index contributed by atoms with van der Waals surface area (Å²) in [5.74, 6) is 0.955. The Morgan fingerprint density at radius 2 is 2.07 bits per heavy atom. The molecule has 2 aromatic rings. The van der Waals surface area contributed by atoms with Crippen LogP contribution in [-0.4, -0.2) is 44.0 Å². The van der Waals surface area contributed by atoms with Gasteiger partial charge in [-0.15, -0.1) is 11.3 Å². The minimum atomic E-state index is -0.468. The van der Waals surface area contributed by atoms with Crippen molar-refractivity contribution in [3.8, 4) is 11.5 Å². The van der Waals surface area contributed by atoms with Crippen LogP contribution in [0.15, 0.2) is 18.2 Å². The Bertz CT molecular complexity index is 972. The quantitative estimate of drug-likeness (QED) is 0.705. The number of fused-ring (bicyclic) bond motifs is 1. The summed E-state index contributed by atoms with van der Waals surface area (Å²) in [7, 11) is 3.29. The number of nitrogens with zero attached hydrogens (tertiary/aromatic N) is 1. The van der Waals surface area contributed by atoms with E-state index in [-0.39, 0.29) is 18.5 Å². The highest BCUT2D eigenvalue weighted by Gasteiger charge is 2.31. The molecule has 2 heterocycles. The SMILES string of the molecule is COc1ccc(OC)c([C@H]2CCCN2CC(=O)Nc2sc3c(c2C(N)=O)CCC3)c1. The number of likely N-dealkylation sites (tertiary alicyclic amines) is 1. The lowest BCUT2D eigenvalue weighted by Crippen LogP contribution is -2.33. The van der Waals surface area contributed by atoms with Crippen molar-refractivity contribution in [3.05, 3.63) is 39.8 Å². The lowest BCUT2D eigenvalue weighted by atomic mass is 10.0. The third kappa shape index (κ3) is 3.89. The van der Waals surface area contributed by atoms with E-state index in [9.17, 15) is 9.59 Å². The molecular formula is C22H27N3O4S. The monoisotopic (exact) mass is 429 g/mol. The molecule has 1 aliphatic carbocycles. The van der Waals surface area contributed by atoms with Gasteiger partial charge in [-0.1, -0.05) is 0 Å². The van der Waals surface area contributed by atoms with Gasteiger partial charge in [0, 0.05) is 16.5 Å². The number of hydrogen-bond acceptors (Lipinski definition) is 6. The van der Waals surface area contributed by atoms with Gasteiger partial charge in [-0.2, -0.15) is 0 Å². The van der Waals surface area contributed by atoms with E-state index in [0.29, 0.717) is 10.6 Å². The number of anilines is 1. The minimum absolute atomic E-state index is 0.0738. The average molecular weight is 430 g/mol. The second-order valence-corrected chi connectivity index (χ2v) is 8.82. The van der Waals surface area contributed by atoms with Gasteiger partial charge in [0.1, 0.15) is 16.5 Å². The topological polar surface area (TPSA) is 93.9 Å². The molecule has 1 aromatic carbocycles. The summed E-state index contributed by atoms with van der Waals surface area (Å²) in [6.07, 6.45) is 4.77. The Labute approximate surface area is 180 Å². The van der Waals surface area contributed by atoms with Gasteiger partial charge in [0.15, 0.2) is 0 Å². The van der Waals surface area contributed by atoms with Crippen LogP contribution in [0.25, 0.3) is 0 Å². The van der Waals surface area contributed by atoms with Crippen molar-refractivity contribution >= 4 is 28.2 Å². The predicted molar refractivity (Wildman–Crippen MR) is 117 cm³/mol. The highest BCUT2D eigenvalue weighted by molar-refractivity contribution is 7.17. The van der Waals surface area contributed by atoms with Crippen molar-refractivity contribution in [1.29, 1.82) is 0 Å². The number of carbonyl (C=O) groups is 2. The molecule has 1 saturated heterocycles. The molecule has 0 saturated carbocycles. The molecule has 2 amide bonds. The molecule has 0 spiro atoms. The van der Waals surface area contributed by atoms with Gasteiger partial charge in [0.05, 0.1) is 26.3 Å². The summed E-state index contributed by atoms with van der Waals surface area (Å²) >= 11 is 1.48. The Morgan fingerprint density at radius 1 is 1.23 bits per heavy atom. The van der Waals surface area contributed by atoms with Crippen molar-refractivity contribution in [1.82, 2.24) is 4.90 Å². The molecule has 2 aliphatic rings. The van der Waals surface area contributed by atoms with E-state index in [4.69, 9.17) is 15.2 Å². The molecule has 7 nitrogen and oxygen atoms in total. The number of amides is 2. The summed E-state index contributed by atoms with van der Waals surface area (Å²) in [4.78, 5) is 28.2. The van der Waals surface area contributed by atoms with Crippen LogP contribution < -0.4 is 20.5 Å². The molecule has 1 fully saturated rings. The van der Waals surface area contributed by atoms with E-state index in [1.54, 1.807) is 14.2 Å². The Morgan fingerprint density at radius 3 is 2.80 bits per heavy atom. The maximum Gasteiger partial charge on any atom is 0.251 e. The second kappa shape index (κ2) is 8.65. The maximum atomic E-state index is 12.9. The fourth-order valence-electron chi connectivity index (χ4n) is 4.57. The standard InChI is InChI=1S/C22H27N3O4S/c1-28-13-8-9-17(29-2)15(11-13)16-6-4-10-25(16)12-19(26)24-22-20(21(23)27)14-5-3-7-18(14)30-22/h8-9,11,16H,3-7,10,12H2,1-2H3,(H2,23,27)(H,24,26)/t16-/m1/s1. The van der Waals surface area contributed by atoms with E-state index in [1.807, 2.05) is 18.2 Å². The van der Waals surface area contributed by atoms with Crippen LogP contribution in [0.4, 0.5) is 5.00 Å². The molecule has 0 unspecified atom stereocenters. The fourth-order valence-corrected chi connectivity index (χ4v) is 5.88. The number of aryl methyl sites for hydroxylation is 1.